The fourth-order valence-electron chi connectivity index (χ4n) is 2.71. The van der Waals surface area contributed by atoms with Crippen LogP contribution in [-0.4, -0.2) is 57.4 Å². The van der Waals surface area contributed by atoms with Gasteiger partial charge in [0.15, 0.2) is 11.5 Å². The van der Waals surface area contributed by atoms with Crippen LogP contribution in [0.4, 0.5) is 0 Å². The molecule has 1 aromatic carbocycles. The van der Waals surface area contributed by atoms with Crippen molar-refractivity contribution in [1.82, 2.24) is 4.90 Å². The summed E-state index contributed by atoms with van der Waals surface area (Å²) in [6, 6.07) is 5.43. The van der Waals surface area contributed by atoms with E-state index >= 15 is 0 Å². The van der Waals surface area contributed by atoms with Crippen LogP contribution >= 0.6 is 0 Å². The minimum absolute atomic E-state index is 0.00624. The highest BCUT2D eigenvalue weighted by atomic mass is 16.5. The van der Waals surface area contributed by atoms with E-state index in [1.54, 1.807) is 32.4 Å². The largest absolute Gasteiger partial charge is 0.493 e. The van der Waals surface area contributed by atoms with Gasteiger partial charge in [-0.05, 0) is 50.9 Å². The zero-order valence-electron chi connectivity index (χ0n) is 16.8. The molecule has 1 aromatic rings. The third-order valence-corrected chi connectivity index (χ3v) is 4.21. The highest BCUT2D eigenvalue weighted by molar-refractivity contribution is 5.95. The molecule has 1 atom stereocenters. The van der Waals surface area contributed by atoms with Gasteiger partial charge in [0.1, 0.15) is 0 Å². The van der Waals surface area contributed by atoms with E-state index < -0.39 is 0 Å². The normalized spacial score (nSPS) is 12.1. The summed E-state index contributed by atoms with van der Waals surface area (Å²) in [5.74, 6) is 1.54. The van der Waals surface area contributed by atoms with Gasteiger partial charge in [-0.1, -0.05) is 6.92 Å². The van der Waals surface area contributed by atoms with E-state index in [1.807, 2.05) is 18.7 Å². The maximum absolute atomic E-state index is 13.0. The Morgan fingerprint density at radius 3 is 2.46 bits per heavy atom. The Balaban J connectivity index is 2.94. The van der Waals surface area contributed by atoms with Crippen molar-refractivity contribution in [2.75, 3.05) is 40.5 Å². The summed E-state index contributed by atoms with van der Waals surface area (Å²) in [5, 5.41) is 0. The first-order valence-electron chi connectivity index (χ1n) is 9.25. The fraction of sp³-hybridized carbons (Fsp3) is 0.650. The van der Waals surface area contributed by atoms with E-state index in [4.69, 9.17) is 19.9 Å². The molecular formula is C20H34N2O4. The van der Waals surface area contributed by atoms with Gasteiger partial charge in [-0.25, -0.2) is 0 Å². The molecule has 0 aliphatic carbocycles. The summed E-state index contributed by atoms with van der Waals surface area (Å²) in [6.07, 6.45) is 1.67. The number of nitrogens with zero attached hydrogens (tertiary/aromatic N) is 1. The number of methoxy groups -OCH3 is 2. The molecule has 1 unspecified atom stereocenters. The Bertz CT molecular complexity index is 549. The number of nitrogens with two attached hydrogens (primary N) is 1. The van der Waals surface area contributed by atoms with Crippen molar-refractivity contribution in [3.63, 3.8) is 0 Å². The van der Waals surface area contributed by atoms with Crippen molar-refractivity contribution >= 4 is 5.91 Å². The molecule has 148 valence electrons. The third kappa shape index (κ3) is 6.84. The number of amides is 1. The summed E-state index contributed by atoms with van der Waals surface area (Å²) in [7, 11) is 3.25. The molecule has 0 radical (unpaired) electrons. The van der Waals surface area contributed by atoms with Crippen molar-refractivity contribution in [1.29, 1.82) is 0 Å². The van der Waals surface area contributed by atoms with Crippen LogP contribution in [0.2, 0.25) is 0 Å². The predicted molar refractivity (Wildman–Crippen MR) is 104 cm³/mol. The highest BCUT2D eigenvalue weighted by Gasteiger charge is 2.22. The molecule has 0 bridgehead atoms. The lowest BCUT2D eigenvalue weighted by molar-refractivity contribution is 0.0674. The molecule has 0 saturated carbocycles. The molecule has 1 rings (SSSR count). The van der Waals surface area contributed by atoms with Crippen LogP contribution in [0.5, 0.6) is 11.5 Å². The number of hydrogen-bond donors (Lipinski definition) is 1. The molecule has 6 heteroatoms. The highest BCUT2D eigenvalue weighted by Crippen LogP contribution is 2.29. The SMILES string of the molecule is COCCCOc1cc(C(=O)N(CC(C)CCN)C(C)C)ccc1OC. The topological polar surface area (TPSA) is 74.0 Å². The van der Waals surface area contributed by atoms with E-state index in [1.165, 1.54) is 0 Å². The van der Waals surface area contributed by atoms with Gasteiger partial charge < -0.3 is 24.8 Å². The van der Waals surface area contributed by atoms with Crippen LogP contribution in [0, 0.1) is 5.92 Å². The Kier molecular flexibility index (Phi) is 10.1. The maximum atomic E-state index is 13.0. The van der Waals surface area contributed by atoms with Crippen molar-refractivity contribution in [2.24, 2.45) is 11.7 Å². The van der Waals surface area contributed by atoms with Gasteiger partial charge in [-0.15, -0.1) is 0 Å². The van der Waals surface area contributed by atoms with Gasteiger partial charge in [0.25, 0.3) is 5.91 Å². The van der Waals surface area contributed by atoms with E-state index in [2.05, 4.69) is 6.92 Å². The Labute approximate surface area is 157 Å². The minimum Gasteiger partial charge on any atom is -0.493 e. The second-order valence-electron chi connectivity index (χ2n) is 6.79. The molecule has 6 nitrogen and oxygen atoms in total. The van der Waals surface area contributed by atoms with Gasteiger partial charge in [0, 0.05) is 38.3 Å². The smallest absolute Gasteiger partial charge is 0.254 e. The maximum Gasteiger partial charge on any atom is 0.254 e. The van der Waals surface area contributed by atoms with Crippen molar-refractivity contribution in [3.05, 3.63) is 23.8 Å². The van der Waals surface area contributed by atoms with Crippen LogP contribution in [0.15, 0.2) is 18.2 Å². The van der Waals surface area contributed by atoms with Crippen LogP contribution in [0.3, 0.4) is 0 Å². The van der Waals surface area contributed by atoms with Crippen molar-refractivity contribution in [3.8, 4) is 11.5 Å². The van der Waals surface area contributed by atoms with Gasteiger partial charge in [0.2, 0.25) is 0 Å². The first kappa shape index (κ1) is 22.3. The summed E-state index contributed by atoms with van der Waals surface area (Å²) < 4.78 is 16.2. The molecule has 0 saturated heterocycles. The van der Waals surface area contributed by atoms with Gasteiger partial charge in [0.05, 0.1) is 13.7 Å². The second kappa shape index (κ2) is 11.8. The standard InChI is InChI=1S/C20H34N2O4/c1-15(2)22(14-16(3)9-10-21)20(23)17-7-8-18(25-5)19(13-17)26-12-6-11-24-4/h7-8,13,15-16H,6,9-12,14,21H2,1-5H3. The number of benzene rings is 1. The van der Waals surface area contributed by atoms with Gasteiger partial charge >= 0.3 is 0 Å². The van der Waals surface area contributed by atoms with E-state index in [9.17, 15) is 4.79 Å². The molecule has 0 heterocycles. The molecule has 0 aliphatic heterocycles. The molecule has 2 N–H and O–H groups in total. The second-order valence-corrected chi connectivity index (χ2v) is 6.79. The summed E-state index contributed by atoms with van der Waals surface area (Å²) in [5.41, 5.74) is 6.24. The van der Waals surface area contributed by atoms with Crippen molar-refractivity contribution < 1.29 is 19.0 Å². The van der Waals surface area contributed by atoms with E-state index in [-0.39, 0.29) is 11.9 Å². The Morgan fingerprint density at radius 1 is 1.15 bits per heavy atom. The third-order valence-electron chi connectivity index (χ3n) is 4.21. The number of hydrogen-bond acceptors (Lipinski definition) is 5. The molecule has 0 aromatic heterocycles. The number of ether oxygens (including phenoxy) is 3. The summed E-state index contributed by atoms with van der Waals surface area (Å²) >= 11 is 0. The predicted octanol–water partition coefficient (Wildman–Crippen LogP) is 2.95. The van der Waals surface area contributed by atoms with Crippen LogP contribution < -0.4 is 15.2 Å². The lowest BCUT2D eigenvalue weighted by Crippen LogP contribution is -2.40. The lowest BCUT2D eigenvalue weighted by atomic mass is 10.1. The molecular weight excluding hydrogens is 332 g/mol. The lowest BCUT2D eigenvalue weighted by Gasteiger charge is -2.30. The molecule has 0 aliphatic rings. The first-order valence-corrected chi connectivity index (χ1v) is 9.25. The van der Waals surface area contributed by atoms with Gasteiger partial charge in [-0.2, -0.15) is 0 Å². The van der Waals surface area contributed by atoms with Gasteiger partial charge in [-0.3, -0.25) is 4.79 Å². The van der Waals surface area contributed by atoms with Crippen LogP contribution in [0.25, 0.3) is 0 Å². The first-order chi connectivity index (χ1) is 12.4. The average molecular weight is 367 g/mol. The molecule has 0 fully saturated rings. The van der Waals surface area contributed by atoms with Crippen LogP contribution in [-0.2, 0) is 4.74 Å². The number of carbonyl (C=O) groups is 1. The fourth-order valence-corrected chi connectivity index (χ4v) is 2.71. The number of carbonyl (C=O) groups excluding carboxylic acids is 1. The summed E-state index contributed by atoms with van der Waals surface area (Å²) in [6.45, 7) is 8.61. The molecule has 1 amide bonds. The quantitative estimate of drug-likeness (QED) is 0.576. The molecule has 0 spiro atoms. The number of rotatable bonds is 12. The van der Waals surface area contributed by atoms with E-state index in [0.29, 0.717) is 49.3 Å². The monoisotopic (exact) mass is 366 g/mol. The average Bonchev–Trinajstić information content (AvgIpc) is 2.62. The Morgan fingerprint density at radius 2 is 1.88 bits per heavy atom. The van der Waals surface area contributed by atoms with Crippen LogP contribution in [0.1, 0.15) is 44.0 Å². The minimum atomic E-state index is -0.00624. The zero-order valence-corrected chi connectivity index (χ0v) is 16.8. The molecule has 26 heavy (non-hydrogen) atoms. The van der Waals surface area contributed by atoms with Crippen molar-refractivity contribution in [2.45, 2.75) is 39.7 Å². The summed E-state index contributed by atoms with van der Waals surface area (Å²) in [4.78, 5) is 14.9. The Hall–Kier alpha value is -1.79. The van der Waals surface area contributed by atoms with E-state index in [0.717, 1.165) is 12.8 Å². The zero-order chi connectivity index (χ0) is 19.5.